The predicted molar refractivity (Wildman–Crippen MR) is 187 cm³/mol. The molecule has 1 unspecified atom stereocenters. The zero-order valence-electron chi connectivity index (χ0n) is 26.8. The Hall–Kier alpha value is -4.05. The van der Waals surface area contributed by atoms with Gasteiger partial charge in [0.2, 0.25) is 11.8 Å². The Balaban J connectivity index is 1.82. The summed E-state index contributed by atoms with van der Waals surface area (Å²) in [6, 6.07) is 26.4. The summed E-state index contributed by atoms with van der Waals surface area (Å²) in [6.07, 6.45) is 0.206. The third kappa shape index (κ3) is 9.50. The number of sulfonamides is 1. The number of aryl methyl sites for hydroxylation is 1. The van der Waals surface area contributed by atoms with Crippen LogP contribution in [0.1, 0.15) is 30.5 Å². The molecule has 11 heteroatoms. The number of benzene rings is 4. The Morgan fingerprint density at radius 1 is 0.851 bits per heavy atom. The van der Waals surface area contributed by atoms with Gasteiger partial charge in [-0.2, -0.15) is 0 Å². The highest BCUT2D eigenvalue weighted by atomic mass is 35.5. The van der Waals surface area contributed by atoms with Crippen LogP contribution in [0.3, 0.4) is 0 Å². The summed E-state index contributed by atoms with van der Waals surface area (Å²) in [5, 5.41) is 3.35. The second-order valence-electron chi connectivity index (χ2n) is 11.6. The van der Waals surface area contributed by atoms with Gasteiger partial charge in [-0.05, 0) is 66.4 Å². The van der Waals surface area contributed by atoms with Crippen molar-refractivity contribution >= 4 is 50.7 Å². The Morgan fingerprint density at radius 2 is 1.53 bits per heavy atom. The van der Waals surface area contributed by atoms with Gasteiger partial charge in [-0.25, -0.2) is 8.42 Å². The van der Waals surface area contributed by atoms with Crippen LogP contribution in [0.2, 0.25) is 10.0 Å². The quantitative estimate of drug-likeness (QED) is 0.155. The summed E-state index contributed by atoms with van der Waals surface area (Å²) in [5.74, 6) is -0.182. The number of anilines is 1. The predicted octanol–water partition coefficient (Wildman–Crippen LogP) is 6.92. The molecular formula is C36H39Cl2N3O5S. The molecule has 0 bridgehead atoms. The molecule has 0 aliphatic heterocycles. The van der Waals surface area contributed by atoms with Gasteiger partial charge in [0.1, 0.15) is 18.3 Å². The van der Waals surface area contributed by atoms with Crippen molar-refractivity contribution in [3.63, 3.8) is 0 Å². The van der Waals surface area contributed by atoms with Crippen molar-refractivity contribution < 1.29 is 22.7 Å². The Kier molecular flexibility index (Phi) is 12.3. The van der Waals surface area contributed by atoms with E-state index in [1.165, 1.54) is 35.2 Å². The van der Waals surface area contributed by atoms with Crippen LogP contribution < -0.4 is 14.4 Å². The summed E-state index contributed by atoms with van der Waals surface area (Å²) < 4.78 is 34.8. The molecular weight excluding hydrogens is 657 g/mol. The van der Waals surface area contributed by atoms with Crippen LogP contribution in [-0.2, 0) is 32.6 Å². The molecule has 0 spiro atoms. The number of nitrogens with one attached hydrogen (secondary N) is 1. The highest BCUT2D eigenvalue weighted by Gasteiger charge is 2.35. The summed E-state index contributed by atoms with van der Waals surface area (Å²) in [6.45, 7) is 5.63. The molecule has 4 rings (SSSR count). The van der Waals surface area contributed by atoms with E-state index in [2.05, 4.69) is 5.32 Å². The topological polar surface area (TPSA) is 96.0 Å². The maximum absolute atomic E-state index is 14.6. The van der Waals surface area contributed by atoms with Crippen molar-refractivity contribution in [1.29, 1.82) is 0 Å². The normalized spacial score (nSPS) is 12.0. The molecule has 47 heavy (non-hydrogen) atoms. The monoisotopic (exact) mass is 695 g/mol. The number of ether oxygens (including phenoxy) is 1. The molecule has 4 aromatic rings. The van der Waals surface area contributed by atoms with Gasteiger partial charge in [-0.1, -0.05) is 97.2 Å². The van der Waals surface area contributed by atoms with Crippen LogP contribution >= 0.6 is 23.2 Å². The van der Waals surface area contributed by atoms with Crippen molar-refractivity contribution in [3.8, 4) is 5.75 Å². The van der Waals surface area contributed by atoms with Gasteiger partial charge in [0.25, 0.3) is 10.0 Å². The minimum absolute atomic E-state index is 0.00294. The number of carbonyl (C=O) groups excluding carboxylic acids is 2. The van der Waals surface area contributed by atoms with Gasteiger partial charge in [-0.15, -0.1) is 0 Å². The second-order valence-corrected chi connectivity index (χ2v) is 14.3. The lowest BCUT2D eigenvalue weighted by Crippen LogP contribution is -2.53. The number of methoxy groups -OCH3 is 1. The van der Waals surface area contributed by atoms with E-state index < -0.39 is 28.5 Å². The first kappa shape index (κ1) is 35.8. The van der Waals surface area contributed by atoms with Crippen molar-refractivity contribution in [2.24, 2.45) is 5.92 Å². The van der Waals surface area contributed by atoms with Crippen LogP contribution in [0, 0.1) is 12.8 Å². The number of carbonyl (C=O) groups is 2. The lowest BCUT2D eigenvalue weighted by molar-refractivity contribution is -0.140. The van der Waals surface area contributed by atoms with Crippen molar-refractivity contribution in [3.05, 3.63) is 124 Å². The third-order valence-electron chi connectivity index (χ3n) is 7.52. The molecule has 4 aromatic carbocycles. The molecule has 1 N–H and O–H groups in total. The van der Waals surface area contributed by atoms with E-state index in [1.54, 1.807) is 37.4 Å². The summed E-state index contributed by atoms with van der Waals surface area (Å²) in [7, 11) is -2.73. The zero-order chi connectivity index (χ0) is 34.1. The van der Waals surface area contributed by atoms with E-state index >= 15 is 0 Å². The SMILES string of the molecule is COc1cccc(CN(C(=O)CN(c2ccc(Cl)c(Cl)c2)S(=O)(=O)c2ccc(C)cc2)C(Cc2ccccc2)C(=O)NCC(C)C)c1. The van der Waals surface area contributed by atoms with E-state index in [9.17, 15) is 18.0 Å². The Labute approximate surface area is 287 Å². The first-order valence-corrected chi connectivity index (χ1v) is 17.4. The number of amides is 2. The van der Waals surface area contributed by atoms with Crippen LogP contribution in [-0.4, -0.2) is 51.4 Å². The van der Waals surface area contributed by atoms with Crippen LogP contribution in [0.25, 0.3) is 0 Å². The smallest absolute Gasteiger partial charge is 0.264 e. The number of halogens is 2. The molecule has 8 nitrogen and oxygen atoms in total. The summed E-state index contributed by atoms with van der Waals surface area (Å²) >= 11 is 12.5. The largest absolute Gasteiger partial charge is 0.497 e. The average molecular weight is 697 g/mol. The molecule has 0 saturated heterocycles. The molecule has 0 aliphatic rings. The summed E-state index contributed by atoms with van der Waals surface area (Å²) in [4.78, 5) is 29.9. The molecule has 0 fully saturated rings. The van der Waals surface area contributed by atoms with Crippen molar-refractivity contribution in [2.45, 2.75) is 44.7 Å². The fourth-order valence-electron chi connectivity index (χ4n) is 4.95. The van der Waals surface area contributed by atoms with Gasteiger partial charge in [0.05, 0.1) is 27.7 Å². The van der Waals surface area contributed by atoms with Crippen molar-refractivity contribution in [2.75, 3.05) is 24.5 Å². The molecule has 0 aliphatic carbocycles. The molecule has 2 amide bonds. The lowest BCUT2D eigenvalue weighted by Gasteiger charge is -2.34. The van der Waals surface area contributed by atoms with E-state index in [4.69, 9.17) is 27.9 Å². The van der Waals surface area contributed by atoms with E-state index in [-0.39, 0.29) is 45.4 Å². The Bertz CT molecular complexity index is 1780. The number of nitrogens with zero attached hydrogens (tertiary/aromatic N) is 2. The van der Waals surface area contributed by atoms with Gasteiger partial charge >= 0.3 is 0 Å². The third-order valence-corrected chi connectivity index (χ3v) is 10.0. The molecule has 0 heterocycles. The fraction of sp³-hybridized carbons (Fsp3) is 0.278. The number of rotatable bonds is 14. The molecule has 0 radical (unpaired) electrons. The number of hydrogen-bond acceptors (Lipinski definition) is 5. The van der Waals surface area contributed by atoms with Crippen LogP contribution in [0.15, 0.2) is 102 Å². The minimum Gasteiger partial charge on any atom is -0.497 e. The molecule has 0 aromatic heterocycles. The van der Waals surface area contributed by atoms with Crippen LogP contribution in [0.4, 0.5) is 5.69 Å². The second kappa shape index (κ2) is 16.2. The first-order valence-electron chi connectivity index (χ1n) is 15.2. The number of hydrogen-bond donors (Lipinski definition) is 1. The molecule has 248 valence electrons. The standard InChI is InChI=1S/C36H39Cl2N3O5S/c1-25(2)22-39-36(43)34(20-27-9-6-5-7-10-27)40(23-28-11-8-12-30(19-28)46-4)35(42)24-41(29-15-18-32(37)33(38)21-29)47(44,45)31-16-13-26(3)14-17-31/h5-19,21,25,34H,20,22-24H2,1-4H3,(H,39,43). The van der Waals surface area contributed by atoms with Crippen LogP contribution in [0.5, 0.6) is 5.75 Å². The highest BCUT2D eigenvalue weighted by Crippen LogP contribution is 2.31. The van der Waals surface area contributed by atoms with Gasteiger partial charge in [0.15, 0.2) is 0 Å². The van der Waals surface area contributed by atoms with Crippen molar-refractivity contribution in [1.82, 2.24) is 10.2 Å². The van der Waals surface area contributed by atoms with E-state index in [1.807, 2.05) is 57.2 Å². The van der Waals surface area contributed by atoms with E-state index in [0.717, 1.165) is 15.4 Å². The maximum atomic E-state index is 14.6. The first-order chi connectivity index (χ1) is 22.4. The zero-order valence-corrected chi connectivity index (χ0v) is 29.1. The lowest BCUT2D eigenvalue weighted by atomic mass is 10.0. The molecule has 0 saturated carbocycles. The Morgan fingerprint density at radius 3 is 2.17 bits per heavy atom. The highest BCUT2D eigenvalue weighted by molar-refractivity contribution is 7.92. The summed E-state index contributed by atoms with van der Waals surface area (Å²) in [5.41, 5.74) is 2.57. The maximum Gasteiger partial charge on any atom is 0.264 e. The fourth-order valence-corrected chi connectivity index (χ4v) is 6.65. The van der Waals surface area contributed by atoms with Gasteiger partial charge < -0.3 is 15.0 Å². The van der Waals surface area contributed by atoms with Gasteiger partial charge in [0, 0.05) is 19.5 Å². The van der Waals surface area contributed by atoms with Gasteiger partial charge in [-0.3, -0.25) is 13.9 Å². The average Bonchev–Trinajstić information content (AvgIpc) is 3.06. The molecule has 1 atom stereocenters. The van der Waals surface area contributed by atoms with E-state index in [0.29, 0.717) is 17.9 Å². The minimum atomic E-state index is -4.28.